The van der Waals surface area contributed by atoms with Crippen LogP contribution in [-0.4, -0.2) is 52.4 Å². The molecule has 0 spiro atoms. The third-order valence-corrected chi connectivity index (χ3v) is 4.93. The predicted molar refractivity (Wildman–Crippen MR) is 108 cm³/mol. The molecule has 11 heteroatoms. The second-order valence-electron chi connectivity index (χ2n) is 7.21. The molecule has 8 nitrogen and oxygen atoms in total. The Hall–Kier alpha value is -3.47. The highest BCUT2D eigenvalue weighted by Gasteiger charge is 2.27. The van der Waals surface area contributed by atoms with Crippen molar-refractivity contribution < 1.29 is 27.1 Å². The summed E-state index contributed by atoms with van der Waals surface area (Å²) in [7, 11) is 0. The molecule has 3 heterocycles. The summed E-state index contributed by atoms with van der Waals surface area (Å²) < 4.78 is 50.3. The van der Waals surface area contributed by atoms with Crippen molar-refractivity contribution in [3.63, 3.8) is 0 Å². The van der Waals surface area contributed by atoms with E-state index in [4.69, 9.17) is 9.15 Å². The van der Waals surface area contributed by atoms with Crippen LogP contribution in [0.3, 0.4) is 0 Å². The lowest BCUT2D eigenvalue weighted by Crippen LogP contribution is -2.48. The minimum absolute atomic E-state index is 0.00255. The fraction of sp³-hybridized carbons (Fsp3) is 0.333. The molecule has 0 radical (unpaired) electrons. The third kappa shape index (κ3) is 4.72. The molecule has 1 aromatic carbocycles. The fourth-order valence-electron chi connectivity index (χ4n) is 3.26. The number of amides is 2. The van der Waals surface area contributed by atoms with Gasteiger partial charge in [0, 0.05) is 19.3 Å². The number of urea groups is 1. The number of carbonyl (C=O) groups excluding carboxylic acids is 1. The molecule has 1 fully saturated rings. The van der Waals surface area contributed by atoms with Crippen LogP contribution in [0.25, 0.3) is 11.5 Å². The molecule has 4 rings (SSSR count). The number of pyridine rings is 1. The summed E-state index contributed by atoms with van der Waals surface area (Å²) in [5.74, 6) is -1.39. The van der Waals surface area contributed by atoms with E-state index in [0.717, 1.165) is 5.56 Å². The van der Waals surface area contributed by atoms with Gasteiger partial charge in [0.05, 0.1) is 36.7 Å². The number of hydrogen-bond donors (Lipinski definition) is 0. The van der Waals surface area contributed by atoms with Crippen molar-refractivity contribution >= 4 is 11.7 Å². The lowest BCUT2D eigenvalue weighted by atomic mass is 10.2. The van der Waals surface area contributed by atoms with Gasteiger partial charge < -0.3 is 14.1 Å². The summed E-state index contributed by atoms with van der Waals surface area (Å²) in [6.07, 6.45) is -1.49. The molecule has 32 heavy (non-hydrogen) atoms. The highest BCUT2D eigenvalue weighted by Crippen LogP contribution is 2.26. The van der Waals surface area contributed by atoms with Crippen molar-refractivity contribution in [2.24, 2.45) is 0 Å². The number of benzene rings is 1. The number of anilines is 1. The molecular formula is C21H20F3N5O3. The highest BCUT2D eigenvalue weighted by molar-refractivity contribution is 5.92. The third-order valence-electron chi connectivity index (χ3n) is 4.93. The number of halogens is 3. The summed E-state index contributed by atoms with van der Waals surface area (Å²) in [6.45, 7) is 3.39. The Balaban J connectivity index is 1.59. The maximum absolute atomic E-state index is 14.7. The molecule has 2 aromatic heterocycles. The smallest absolute Gasteiger partial charge is 0.325 e. The van der Waals surface area contributed by atoms with Gasteiger partial charge in [-0.25, -0.2) is 9.18 Å². The second-order valence-corrected chi connectivity index (χ2v) is 7.21. The van der Waals surface area contributed by atoms with Gasteiger partial charge in [0.2, 0.25) is 5.89 Å². The zero-order chi connectivity index (χ0) is 22.7. The molecule has 0 N–H and O–H groups in total. The average Bonchev–Trinajstić information content (AvgIpc) is 3.29. The van der Waals surface area contributed by atoms with Crippen LogP contribution in [0.2, 0.25) is 0 Å². The van der Waals surface area contributed by atoms with E-state index in [9.17, 15) is 18.0 Å². The largest absolute Gasteiger partial charge is 0.415 e. The number of aryl methyl sites for hydroxylation is 1. The second kappa shape index (κ2) is 9.35. The van der Waals surface area contributed by atoms with E-state index >= 15 is 0 Å². The summed E-state index contributed by atoms with van der Waals surface area (Å²) >= 11 is 0. The zero-order valence-electron chi connectivity index (χ0n) is 17.2. The highest BCUT2D eigenvalue weighted by atomic mass is 19.3. The summed E-state index contributed by atoms with van der Waals surface area (Å²) in [5, 5.41) is 6.88. The Morgan fingerprint density at radius 3 is 2.59 bits per heavy atom. The van der Waals surface area contributed by atoms with E-state index in [-0.39, 0.29) is 24.2 Å². The lowest BCUT2D eigenvalue weighted by molar-refractivity contribution is 0.0547. The van der Waals surface area contributed by atoms with Crippen molar-refractivity contribution in [1.29, 1.82) is 0 Å². The predicted octanol–water partition coefficient (Wildman–Crippen LogP) is 3.98. The first-order chi connectivity index (χ1) is 15.4. The molecule has 2 amide bonds. The Morgan fingerprint density at radius 2 is 1.97 bits per heavy atom. The molecule has 1 saturated heterocycles. The van der Waals surface area contributed by atoms with Gasteiger partial charge in [0.1, 0.15) is 5.82 Å². The monoisotopic (exact) mass is 447 g/mol. The van der Waals surface area contributed by atoms with E-state index in [1.54, 1.807) is 36.1 Å². The molecule has 1 aliphatic heterocycles. The van der Waals surface area contributed by atoms with Gasteiger partial charge in [-0.15, -0.1) is 10.2 Å². The first-order valence-electron chi connectivity index (χ1n) is 9.89. The Bertz CT molecular complexity index is 1080. The summed E-state index contributed by atoms with van der Waals surface area (Å²) in [4.78, 5) is 20.4. The van der Waals surface area contributed by atoms with E-state index in [1.807, 2.05) is 0 Å². The molecule has 0 atom stereocenters. The molecule has 0 saturated carbocycles. The van der Waals surface area contributed by atoms with Crippen LogP contribution in [0.15, 0.2) is 40.9 Å². The minimum atomic E-state index is -2.87. The van der Waals surface area contributed by atoms with Gasteiger partial charge in [-0.3, -0.25) is 9.88 Å². The number of rotatable bonds is 5. The first-order valence-corrected chi connectivity index (χ1v) is 9.89. The van der Waals surface area contributed by atoms with Crippen molar-refractivity contribution in [2.45, 2.75) is 19.9 Å². The topological polar surface area (TPSA) is 84.6 Å². The van der Waals surface area contributed by atoms with Crippen molar-refractivity contribution in [3.8, 4) is 11.5 Å². The minimum Gasteiger partial charge on any atom is -0.415 e. The molecular weight excluding hydrogens is 427 g/mol. The molecule has 1 aliphatic rings. The Labute approximate surface area is 181 Å². The maximum atomic E-state index is 14.7. The van der Waals surface area contributed by atoms with Gasteiger partial charge in [-0.2, -0.15) is 8.78 Å². The van der Waals surface area contributed by atoms with Gasteiger partial charge in [-0.05, 0) is 36.8 Å². The van der Waals surface area contributed by atoms with Crippen LogP contribution in [0.4, 0.5) is 23.7 Å². The number of alkyl halides is 2. The number of carbonyl (C=O) groups is 1. The van der Waals surface area contributed by atoms with Gasteiger partial charge in [0.25, 0.3) is 5.89 Å². The Kier molecular flexibility index (Phi) is 6.35. The van der Waals surface area contributed by atoms with Crippen molar-refractivity contribution in [2.75, 3.05) is 31.2 Å². The maximum Gasteiger partial charge on any atom is 0.325 e. The summed E-state index contributed by atoms with van der Waals surface area (Å²) in [5.41, 5.74) is 1.68. The van der Waals surface area contributed by atoms with Gasteiger partial charge >= 0.3 is 12.5 Å². The fourth-order valence-corrected chi connectivity index (χ4v) is 3.26. The number of aromatic nitrogens is 3. The van der Waals surface area contributed by atoms with Crippen molar-refractivity contribution in [1.82, 2.24) is 20.1 Å². The number of hydrogen-bond acceptors (Lipinski definition) is 6. The molecule has 0 unspecified atom stereocenters. The van der Waals surface area contributed by atoms with Crippen LogP contribution in [-0.2, 0) is 11.3 Å². The lowest BCUT2D eigenvalue weighted by Gasteiger charge is -2.33. The number of morpholine rings is 1. The molecule has 0 aliphatic carbocycles. The molecule has 3 aromatic rings. The number of ether oxygens (including phenoxy) is 1. The number of nitrogens with zero attached hydrogens (tertiary/aromatic N) is 5. The van der Waals surface area contributed by atoms with Crippen LogP contribution >= 0.6 is 0 Å². The molecule has 0 bridgehead atoms. The van der Waals surface area contributed by atoms with E-state index in [0.29, 0.717) is 37.6 Å². The van der Waals surface area contributed by atoms with Crippen LogP contribution < -0.4 is 4.90 Å². The van der Waals surface area contributed by atoms with Gasteiger partial charge in [0.15, 0.2) is 0 Å². The van der Waals surface area contributed by atoms with Crippen LogP contribution in [0, 0.1) is 12.7 Å². The van der Waals surface area contributed by atoms with E-state index in [2.05, 4.69) is 15.2 Å². The normalized spacial score (nSPS) is 14.1. The standard InChI is InChI=1S/C21H20F3N5O3/c1-13-2-5-17(16(22)10-13)29(21(30)28-6-8-31-9-7-28)12-15-4-3-14(11-25-15)19-26-27-20(32-19)18(23)24/h2-5,10-11,18H,6-9,12H2,1H3. The first kappa shape index (κ1) is 21.8. The SMILES string of the molecule is Cc1ccc(N(Cc2ccc(-c3nnc(C(F)F)o3)cn2)C(=O)N2CCOCC2)c(F)c1. The van der Waals surface area contributed by atoms with E-state index < -0.39 is 18.1 Å². The Morgan fingerprint density at radius 1 is 1.19 bits per heavy atom. The molecule has 168 valence electrons. The van der Waals surface area contributed by atoms with Crippen molar-refractivity contribution in [3.05, 3.63) is 59.5 Å². The van der Waals surface area contributed by atoms with Crippen LogP contribution in [0.1, 0.15) is 23.6 Å². The zero-order valence-corrected chi connectivity index (χ0v) is 17.2. The van der Waals surface area contributed by atoms with Gasteiger partial charge in [-0.1, -0.05) is 6.07 Å². The average molecular weight is 447 g/mol. The van der Waals surface area contributed by atoms with E-state index in [1.165, 1.54) is 17.2 Å². The summed E-state index contributed by atoms with van der Waals surface area (Å²) in [6, 6.07) is 7.44. The van der Waals surface area contributed by atoms with Crippen LogP contribution in [0.5, 0.6) is 0 Å². The quantitative estimate of drug-likeness (QED) is 0.588.